The van der Waals surface area contributed by atoms with E-state index in [1.165, 1.54) is 58.3 Å². The molecule has 0 aliphatic heterocycles. The molecule has 0 aliphatic rings. The molecule has 0 rings (SSSR count). The zero-order chi connectivity index (χ0) is 15.2. The van der Waals surface area contributed by atoms with Gasteiger partial charge in [-0.25, -0.2) is 0 Å². The molecule has 0 aromatic rings. The van der Waals surface area contributed by atoms with E-state index < -0.39 is 6.10 Å². The van der Waals surface area contributed by atoms with Gasteiger partial charge in [-0.2, -0.15) is 0 Å². The molecule has 118 valence electrons. The van der Waals surface area contributed by atoms with Crippen LogP contribution in [0.5, 0.6) is 0 Å². The normalized spacial score (nSPS) is 12.2. The number of unbranched alkanes of at least 4 members (excludes halogenated alkanes) is 9. The predicted molar refractivity (Wildman–Crippen MR) is 82.7 cm³/mol. The van der Waals surface area contributed by atoms with E-state index in [1.54, 1.807) is 6.92 Å². The molecule has 0 fully saturated rings. The summed E-state index contributed by atoms with van der Waals surface area (Å²) in [5.41, 5.74) is 0. The maximum Gasteiger partial charge on any atom is 0.303 e. The summed E-state index contributed by atoms with van der Waals surface area (Å²) in [6, 6.07) is 0. The summed E-state index contributed by atoms with van der Waals surface area (Å²) in [5, 5.41) is 0. The molecule has 0 spiro atoms. The SMILES string of the molecule is CCCCCCCCCCCCC(=O)[C@H](C)OC(C)=O. The van der Waals surface area contributed by atoms with Crippen molar-refractivity contribution in [2.24, 2.45) is 0 Å². The fourth-order valence-corrected chi connectivity index (χ4v) is 2.30. The van der Waals surface area contributed by atoms with Gasteiger partial charge in [-0.15, -0.1) is 0 Å². The molecule has 1 atom stereocenters. The van der Waals surface area contributed by atoms with Gasteiger partial charge in [0.2, 0.25) is 0 Å². The van der Waals surface area contributed by atoms with E-state index in [9.17, 15) is 9.59 Å². The minimum absolute atomic E-state index is 0.0414. The minimum atomic E-state index is -0.578. The number of Topliss-reactive ketones (excluding diaryl/α,β-unsaturated/α-hetero) is 1. The smallest absolute Gasteiger partial charge is 0.303 e. The lowest BCUT2D eigenvalue weighted by molar-refractivity contribution is -0.151. The third-order valence-corrected chi connectivity index (χ3v) is 3.57. The first-order valence-electron chi connectivity index (χ1n) is 8.27. The Morgan fingerprint density at radius 2 is 1.30 bits per heavy atom. The van der Waals surface area contributed by atoms with E-state index in [0.717, 1.165) is 12.8 Å². The second kappa shape index (κ2) is 13.1. The van der Waals surface area contributed by atoms with Crippen LogP contribution in [0.15, 0.2) is 0 Å². The van der Waals surface area contributed by atoms with Crippen molar-refractivity contribution in [1.29, 1.82) is 0 Å². The molecule has 0 aromatic carbocycles. The Morgan fingerprint density at radius 3 is 1.75 bits per heavy atom. The van der Waals surface area contributed by atoms with Crippen LogP contribution in [0, 0.1) is 0 Å². The third kappa shape index (κ3) is 12.2. The maximum atomic E-state index is 11.6. The highest BCUT2D eigenvalue weighted by Crippen LogP contribution is 2.12. The Hall–Kier alpha value is -0.860. The van der Waals surface area contributed by atoms with E-state index in [1.807, 2.05) is 0 Å². The molecule has 0 radical (unpaired) electrons. The fraction of sp³-hybridized carbons (Fsp3) is 0.882. The van der Waals surface area contributed by atoms with E-state index in [0.29, 0.717) is 6.42 Å². The second-order valence-electron chi connectivity index (χ2n) is 5.65. The number of carbonyl (C=O) groups excluding carboxylic acids is 2. The number of ether oxygens (including phenoxy) is 1. The Balaban J connectivity index is 3.31. The van der Waals surface area contributed by atoms with Crippen molar-refractivity contribution in [2.75, 3.05) is 0 Å². The molecular formula is C17H32O3. The van der Waals surface area contributed by atoms with Crippen LogP contribution in [0.25, 0.3) is 0 Å². The Labute approximate surface area is 124 Å². The highest BCUT2D eigenvalue weighted by Gasteiger charge is 2.14. The first-order valence-corrected chi connectivity index (χ1v) is 8.27. The Morgan fingerprint density at radius 1 is 0.850 bits per heavy atom. The zero-order valence-corrected chi connectivity index (χ0v) is 13.6. The fourth-order valence-electron chi connectivity index (χ4n) is 2.30. The van der Waals surface area contributed by atoms with Gasteiger partial charge in [0, 0.05) is 13.3 Å². The molecule has 0 heterocycles. The highest BCUT2D eigenvalue weighted by molar-refractivity contribution is 5.84. The van der Waals surface area contributed by atoms with Crippen molar-refractivity contribution in [2.45, 2.75) is 97.5 Å². The molecule has 0 saturated carbocycles. The first-order chi connectivity index (χ1) is 9.57. The maximum absolute atomic E-state index is 11.6. The second-order valence-corrected chi connectivity index (χ2v) is 5.65. The van der Waals surface area contributed by atoms with Gasteiger partial charge in [0.1, 0.15) is 0 Å². The Bertz CT molecular complexity index is 261. The summed E-state index contributed by atoms with van der Waals surface area (Å²) in [6.45, 7) is 5.23. The Kier molecular flexibility index (Phi) is 12.6. The molecule has 0 aliphatic carbocycles. The lowest BCUT2D eigenvalue weighted by Gasteiger charge is -2.10. The van der Waals surface area contributed by atoms with Gasteiger partial charge in [-0.05, 0) is 13.3 Å². The van der Waals surface area contributed by atoms with Crippen LogP contribution in [0.2, 0.25) is 0 Å². The van der Waals surface area contributed by atoms with Crippen molar-refractivity contribution in [3.63, 3.8) is 0 Å². The molecule has 3 heteroatoms. The standard InChI is InChI=1S/C17H32O3/c1-4-5-6-7-8-9-10-11-12-13-14-17(19)15(2)20-16(3)18/h15H,4-14H2,1-3H3/t15-/m0/s1. The molecule has 0 unspecified atom stereocenters. The first kappa shape index (κ1) is 19.1. The van der Waals surface area contributed by atoms with Crippen molar-refractivity contribution in [3.05, 3.63) is 0 Å². The van der Waals surface area contributed by atoms with E-state index in [4.69, 9.17) is 4.74 Å². The van der Waals surface area contributed by atoms with Gasteiger partial charge in [0.15, 0.2) is 11.9 Å². The van der Waals surface area contributed by atoms with Crippen LogP contribution >= 0.6 is 0 Å². The average Bonchev–Trinajstić information content (AvgIpc) is 2.39. The van der Waals surface area contributed by atoms with Gasteiger partial charge in [-0.3, -0.25) is 9.59 Å². The number of hydrogen-bond acceptors (Lipinski definition) is 3. The number of hydrogen-bond donors (Lipinski definition) is 0. The van der Waals surface area contributed by atoms with Crippen LogP contribution < -0.4 is 0 Å². The topological polar surface area (TPSA) is 43.4 Å². The van der Waals surface area contributed by atoms with E-state index >= 15 is 0 Å². The number of esters is 1. The summed E-state index contributed by atoms with van der Waals surface area (Å²) >= 11 is 0. The largest absolute Gasteiger partial charge is 0.455 e. The van der Waals surface area contributed by atoms with Gasteiger partial charge >= 0.3 is 5.97 Å². The monoisotopic (exact) mass is 284 g/mol. The number of carbonyl (C=O) groups is 2. The molecule has 0 saturated heterocycles. The van der Waals surface area contributed by atoms with Crippen LogP contribution in [-0.2, 0) is 14.3 Å². The quantitative estimate of drug-likeness (QED) is 0.360. The molecule has 0 N–H and O–H groups in total. The minimum Gasteiger partial charge on any atom is -0.455 e. The third-order valence-electron chi connectivity index (χ3n) is 3.57. The summed E-state index contributed by atoms with van der Waals surface area (Å²) in [7, 11) is 0. The molecule has 0 aromatic heterocycles. The van der Waals surface area contributed by atoms with Gasteiger partial charge in [0.25, 0.3) is 0 Å². The van der Waals surface area contributed by atoms with Gasteiger partial charge in [-0.1, -0.05) is 64.7 Å². The summed E-state index contributed by atoms with van der Waals surface area (Å²) in [6.07, 6.45) is 12.5. The summed E-state index contributed by atoms with van der Waals surface area (Å²) < 4.78 is 4.87. The zero-order valence-electron chi connectivity index (χ0n) is 13.6. The van der Waals surface area contributed by atoms with E-state index in [2.05, 4.69) is 6.92 Å². The van der Waals surface area contributed by atoms with Crippen LogP contribution in [-0.4, -0.2) is 17.9 Å². The van der Waals surface area contributed by atoms with Crippen molar-refractivity contribution >= 4 is 11.8 Å². The van der Waals surface area contributed by atoms with Crippen LogP contribution in [0.4, 0.5) is 0 Å². The van der Waals surface area contributed by atoms with Gasteiger partial charge in [0.05, 0.1) is 0 Å². The van der Waals surface area contributed by atoms with E-state index in [-0.39, 0.29) is 11.8 Å². The van der Waals surface area contributed by atoms with Gasteiger partial charge < -0.3 is 4.74 Å². The lowest BCUT2D eigenvalue weighted by Crippen LogP contribution is -2.22. The molecule has 3 nitrogen and oxygen atoms in total. The summed E-state index contributed by atoms with van der Waals surface area (Å²) in [4.78, 5) is 22.4. The highest BCUT2D eigenvalue weighted by atomic mass is 16.5. The van der Waals surface area contributed by atoms with Crippen molar-refractivity contribution in [1.82, 2.24) is 0 Å². The van der Waals surface area contributed by atoms with Crippen LogP contribution in [0.3, 0.4) is 0 Å². The van der Waals surface area contributed by atoms with Crippen LogP contribution in [0.1, 0.15) is 91.4 Å². The average molecular weight is 284 g/mol. The van der Waals surface area contributed by atoms with Crippen molar-refractivity contribution < 1.29 is 14.3 Å². The lowest BCUT2D eigenvalue weighted by atomic mass is 10.0. The molecule has 0 bridgehead atoms. The molecule has 20 heavy (non-hydrogen) atoms. The number of rotatable bonds is 13. The molecule has 0 amide bonds. The van der Waals surface area contributed by atoms with Crippen molar-refractivity contribution in [3.8, 4) is 0 Å². The predicted octanol–water partition coefficient (Wildman–Crippen LogP) is 4.82. The number of ketones is 1. The molecular weight excluding hydrogens is 252 g/mol. The summed E-state index contributed by atoms with van der Waals surface area (Å²) in [5.74, 6) is -0.339.